The SMILES string of the molecule is Ic1cc2c(s1)CCCC2NCCCOC1CCCCC1. The predicted octanol–water partition coefficient (Wildman–Crippen LogP) is 5.06. The molecule has 1 heterocycles. The Morgan fingerprint density at radius 3 is 2.90 bits per heavy atom. The lowest BCUT2D eigenvalue weighted by atomic mass is 9.94. The molecule has 1 fully saturated rings. The maximum absolute atomic E-state index is 6.01. The number of nitrogens with one attached hydrogen (secondary N) is 1. The highest BCUT2D eigenvalue weighted by Gasteiger charge is 2.22. The summed E-state index contributed by atoms with van der Waals surface area (Å²) in [5, 5.41) is 3.75. The Morgan fingerprint density at radius 1 is 1.19 bits per heavy atom. The molecule has 21 heavy (non-hydrogen) atoms. The number of halogens is 1. The van der Waals surface area contributed by atoms with Crippen LogP contribution in [0.5, 0.6) is 0 Å². The van der Waals surface area contributed by atoms with Crippen molar-refractivity contribution in [3.63, 3.8) is 0 Å². The Labute approximate surface area is 146 Å². The molecule has 0 aliphatic heterocycles. The van der Waals surface area contributed by atoms with E-state index in [4.69, 9.17) is 4.74 Å². The van der Waals surface area contributed by atoms with Crippen LogP contribution in [-0.4, -0.2) is 19.3 Å². The van der Waals surface area contributed by atoms with Crippen molar-refractivity contribution in [2.75, 3.05) is 13.2 Å². The monoisotopic (exact) mass is 419 g/mol. The molecule has 0 bridgehead atoms. The van der Waals surface area contributed by atoms with Gasteiger partial charge in [-0.05, 0) is 79.3 Å². The first kappa shape index (κ1) is 16.2. The summed E-state index contributed by atoms with van der Waals surface area (Å²) in [4.78, 5) is 1.61. The maximum Gasteiger partial charge on any atom is 0.0659 e. The van der Waals surface area contributed by atoms with Crippen LogP contribution in [-0.2, 0) is 11.2 Å². The summed E-state index contributed by atoms with van der Waals surface area (Å²) >= 11 is 4.44. The zero-order valence-electron chi connectivity index (χ0n) is 12.7. The fraction of sp³-hybridized carbons (Fsp3) is 0.765. The number of aryl methyl sites for hydroxylation is 1. The van der Waals surface area contributed by atoms with E-state index in [1.165, 1.54) is 54.3 Å². The maximum atomic E-state index is 6.01. The molecule has 1 saturated carbocycles. The highest BCUT2D eigenvalue weighted by atomic mass is 127. The molecule has 2 aliphatic carbocycles. The van der Waals surface area contributed by atoms with Crippen LogP contribution in [0.2, 0.25) is 0 Å². The van der Waals surface area contributed by atoms with Gasteiger partial charge in [0.15, 0.2) is 0 Å². The number of rotatable bonds is 6. The fourth-order valence-electron chi connectivity index (χ4n) is 3.56. The molecule has 118 valence electrons. The summed E-state index contributed by atoms with van der Waals surface area (Å²) in [6.45, 7) is 2.02. The minimum absolute atomic E-state index is 0.554. The number of ether oxygens (including phenoxy) is 1. The van der Waals surface area contributed by atoms with Crippen molar-refractivity contribution in [3.05, 3.63) is 19.4 Å². The third-order valence-corrected chi connectivity index (χ3v) is 6.67. The van der Waals surface area contributed by atoms with Crippen LogP contribution in [0.15, 0.2) is 6.07 Å². The Kier molecular flexibility index (Phi) is 6.39. The van der Waals surface area contributed by atoms with E-state index < -0.39 is 0 Å². The second-order valence-electron chi connectivity index (χ2n) is 6.31. The van der Waals surface area contributed by atoms with Gasteiger partial charge in [0.2, 0.25) is 0 Å². The Morgan fingerprint density at radius 2 is 2.05 bits per heavy atom. The van der Waals surface area contributed by atoms with Crippen LogP contribution in [0.4, 0.5) is 0 Å². The number of hydrogen-bond acceptors (Lipinski definition) is 3. The summed E-state index contributed by atoms with van der Waals surface area (Å²) in [5.74, 6) is 0. The molecule has 2 nitrogen and oxygen atoms in total. The first-order valence-electron chi connectivity index (χ1n) is 8.46. The van der Waals surface area contributed by atoms with Crippen molar-refractivity contribution in [2.45, 2.75) is 69.9 Å². The van der Waals surface area contributed by atoms with Crippen LogP contribution in [0.3, 0.4) is 0 Å². The van der Waals surface area contributed by atoms with Gasteiger partial charge in [-0.1, -0.05) is 19.3 Å². The van der Waals surface area contributed by atoms with Crippen LogP contribution in [0.25, 0.3) is 0 Å². The first-order valence-corrected chi connectivity index (χ1v) is 10.4. The molecule has 1 aromatic heterocycles. The Hall–Kier alpha value is 0.350. The van der Waals surface area contributed by atoms with E-state index in [2.05, 4.69) is 34.0 Å². The van der Waals surface area contributed by atoms with Crippen LogP contribution in [0.1, 0.15) is 67.8 Å². The van der Waals surface area contributed by atoms with Crippen LogP contribution >= 0.6 is 33.9 Å². The van der Waals surface area contributed by atoms with Gasteiger partial charge in [-0.3, -0.25) is 0 Å². The molecule has 1 N–H and O–H groups in total. The van der Waals surface area contributed by atoms with E-state index in [-0.39, 0.29) is 0 Å². The van der Waals surface area contributed by atoms with Gasteiger partial charge >= 0.3 is 0 Å². The normalized spacial score (nSPS) is 23.2. The van der Waals surface area contributed by atoms with E-state index in [1.54, 1.807) is 10.4 Å². The largest absolute Gasteiger partial charge is 0.378 e. The molecular weight excluding hydrogens is 393 g/mol. The van der Waals surface area contributed by atoms with Crippen molar-refractivity contribution in [2.24, 2.45) is 0 Å². The van der Waals surface area contributed by atoms with Crippen LogP contribution < -0.4 is 5.32 Å². The molecule has 0 amide bonds. The van der Waals surface area contributed by atoms with E-state index in [1.807, 2.05) is 11.3 Å². The van der Waals surface area contributed by atoms with Gasteiger partial charge in [0.05, 0.1) is 8.99 Å². The molecule has 1 unspecified atom stereocenters. The quantitative estimate of drug-likeness (QED) is 0.514. The summed E-state index contributed by atoms with van der Waals surface area (Å²) in [6.07, 6.45) is 12.3. The zero-order chi connectivity index (χ0) is 14.5. The fourth-order valence-corrected chi connectivity index (χ4v) is 5.68. The van der Waals surface area contributed by atoms with Crippen molar-refractivity contribution >= 4 is 33.9 Å². The van der Waals surface area contributed by atoms with E-state index in [0.717, 1.165) is 19.6 Å². The van der Waals surface area contributed by atoms with Gasteiger partial charge in [-0.15, -0.1) is 11.3 Å². The van der Waals surface area contributed by atoms with Gasteiger partial charge in [-0.25, -0.2) is 0 Å². The Balaban J connectivity index is 1.36. The third-order valence-electron chi connectivity index (χ3n) is 4.70. The molecule has 0 radical (unpaired) electrons. The Bertz CT molecular complexity index is 442. The molecule has 0 aromatic carbocycles. The second-order valence-corrected chi connectivity index (χ2v) is 9.34. The van der Waals surface area contributed by atoms with Crippen LogP contribution in [0, 0.1) is 2.88 Å². The van der Waals surface area contributed by atoms with E-state index >= 15 is 0 Å². The minimum Gasteiger partial charge on any atom is -0.378 e. The van der Waals surface area contributed by atoms with Gasteiger partial charge in [0.25, 0.3) is 0 Å². The second kappa shape index (κ2) is 8.27. The standard InChI is InChI=1S/C17H26INOS/c18-17-12-14-15(8-4-9-16(14)21-17)19-10-5-11-20-13-6-2-1-3-7-13/h12-13,15,19H,1-11H2. The summed E-state index contributed by atoms with van der Waals surface area (Å²) in [5.41, 5.74) is 1.57. The van der Waals surface area contributed by atoms with E-state index in [0.29, 0.717) is 12.1 Å². The lowest BCUT2D eigenvalue weighted by molar-refractivity contribution is 0.0270. The average Bonchev–Trinajstić information content (AvgIpc) is 2.89. The molecular formula is C17H26INOS. The minimum atomic E-state index is 0.554. The topological polar surface area (TPSA) is 21.3 Å². The van der Waals surface area contributed by atoms with Gasteiger partial charge in [0, 0.05) is 17.5 Å². The summed E-state index contributed by atoms with van der Waals surface area (Å²) in [6, 6.07) is 2.97. The van der Waals surface area contributed by atoms with Crippen molar-refractivity contribution in [1.82, 2.24) is 5.32 Å². The summed E-state index contributed by atoms with van der Waals surface area (Å²) in [7, 11) is 0. The smallest absolute Gasteiger partial charge is 0.0659 e. The highest BCUT2D eigenvalue weighted by molar-refractivity contribution is 14.1. The molecule has 0 saturated heterocycles. The number of fused-ring (bicyclic) bond motifs is 1. The number of thiophene rings is 1. The molecule has 1 aromatic rings. The lowest BCUT2D eigenvalue weighted by Gasteiger charge is -2.24. The number of hydrogen-bond donors (Lipinski definition) is 1. The predicted molar refractivity (Wildman–Crippen MR) is 98.2 cm³/mol. The third kappa shape index (κ3) is 4.66. The zero-order valence-corrected chi connectivity index (χ0v) is 15.7. The van der Waals surface area contributed by atoms with Gasteiger partial charge < -0.3 is 10.1 Å². The van der Waals surface area contributed by atoms with Gasteiger partial charge in [0.1, 0.15) is 0 Å². The molecule has 0 spiro atoms. The molecule has 3 rings (SSSR count). The summed E-state index contributed by atoms with van der Waals surface area (Å²) < 4.78 is 7.44. The average molecular weight is 419 g/mol. The van der Waals surface area contributed by atoms with Crippen molar-refractivity contribution in [3.8, 4) is 0 Å². The first-order chi connectivity index (χ1) is 10.3. The van der Waals surface area contributed by atoms with Crippen molar-refractivity contribution < 1.29 is 4.74 Å². The molecule has 4 heteroatoms. The highest BCUT2D eigenvalue weighted by Crippen LogP contribution is 2.36. The molecule has 2 aliphatic rings. The van der Waals surface area contributed by atoms with E-state index in [9.17, 15) is 0 Å². The van der Waals surface area contributed by atoms with Gasteiger partial charge in [-0.2, -0.15) is 0 Å². The molecule has 1 atom stereocenters. The lowest BCUT2D eigenvalue weighted by Crippen LogP contribution is -2.26. The van der Waals surface area contributed by atoms with Crippen molar-refractivity contribution in [1.29, 1.82) is 0 Å².